The molecular weight excluding hydrogens is 382 g/mol. The van der Waals surface area contributed by atoms with E-state index in [-0.39, 0.29) is 18.8 Å². The van der Waals surface area contributed by atoms with Gasteiger partial charge in [-0.05, 0) is 43.4 Å². The maximum Gasteiger partial charge on any atom is 0.303 e. The second-order valence-corrected chi connectivity index (χ2v) is 7.33. The summed E-state index contributed by atoms with van der Waals surface area (Å²) in [5.74, 6) is -4.67. The van der Waals surface area contributed by atoms with Crippen molar-refractivity contribution in [2.45, 2.75) is 50.2 Å². The topological polar surface area (TPSA) is 87.0 Å². The Bertz CT molecular complexity index is 690. The zero-order valence-electron chi connectivity index (χ0n) is 16.2. The van der Waals surface area contributed by atoms with Crippen molar-refractivity contribution in [2.24, 2.45) is 11.8 Å². The van der Waals surface area contributed by atoms with E-state index in [2.05, 4.69) is 0 Å². The number of carboxylic acids is 1. The number of halogens is 2. The second-order valence-electron chi connectivity index (χ2n) is 7.33. The second kappa shape index (κ2) is 11.1. The van der Waals surface area contributed by atoms with Crippen molar-refractivity contribution < 1.29 is 33.6 Å². The van der Waals surface area contributed by atoms with Crippen molar-refractivity contribution in [1.29, 1.82) is 0 Å². The van der Waals surface area contributed by atoms with Gasteiger partial charge in [0.05, 0.1) is 12.2 Å². The smallest absolute Gasteiger partial charge is 0.303 e. The summed E-state index contributed by atoms with van der Waals surface area (Å²) in [6.07, 6.45) is 5.73. The molecule has 0 saturated heterocycles. The molecule has 1 fully saturated rings. The summed E-state index contributed by atoms with van der Waals surface area (Å²) in [6, 6.07) is 8.34. The summed E-state index contributed by atoms with van der Waals surface area (Å²) >= 11 is 0. The monoisotopic (exact) mass is 410 g/mol. The Labute approximate surface area is 169 Å². The highest BCUT2D eigenvalue weighted by Crippen LogP contribution is 2.37. The molecule has 1 aromatic rings. The van der Waals surface area contributed by atoms with Gasteiger partial charge in [-0.2, -0.15) is 8.78 Å². The van der Waals surface area contributed by atoms with Gasteiger partial charge in [-0.1, -0.05) is 36.4 Å². The summed E-state index contributed by atoms with van der Waals surface area (Å²) in [6.45, 7) is -0.812. The molecular formula is C22H28F2O5. The molecule has 1 aliphatic carbocycles. The molecule has 0 heterocycles. The van der Waals surface area contributed by atoms with Crippen LogP contribution in [0.4, 0.5) is 8.78 Å². The fourth-order valence-corrected chi connectivity index (χ4v) is 3.45. The Morgan fingerprint density at radius 1 is 1.17 bits per heavy atom. The first-order chi connectivity index (χ1) is 13.8. The van der Waals surface area contributed by atoms with Crippen LogP contribution in [0, 0.1) is 11.8 Å². The van der Waals surface area contributed by atoms with E-state index < -0.39 is 36.6 Å². The molecule has 1 saturated carbocycles. The molecule has 160 valence electrons. The molecule has 0 spiro atoms. The van der Waals surface area contributed by atoms with Gasteiger partial charge in [0.1, 0.15) is 5.75 Å². The van der Waals surface area contributed by atoms with Crippen LogP contribution in [-0.2, 0) is 4.79 Å². The predicted molar refractivity (Wildman–Crippen MR) is 105 cm³/mol. The lowest BCUT2D eigenvalue weighted by Gasteiger charge is -2.20. The molecule has 0 amide bonds. The lowest BCUT2D eigenvalue weighted by Crippen LogP contribution is -2.25. The van der Waals surface area contributed by atoms with Crippen molar-refractivity contribution in [3.63, 3.8) is 0 Å². The van der Waals surface area contributed by atoms with Crippen LogP contribution >= 0.6 is 0 Å². The van der Waals surface area contributed by atoms with Gasteiger partial charge < -0.3 is 20.1 Å². The number of hydrogen-bond acceptors (Lipinski definition) is 4. The highest BCUT2D eigenvalue weighted by Gasteiger charge is 2.40. The molecule has 1 aliphatic rings. The summed E-state index contributed by atoms with van der Waals surface area (Å²) in [5.41, 5.74) is 0. The molecule has 4 atom stereocenters. The minimum atomic E-state index is -3.21. The van der Waals surface area contributed by atoms with E-state index >= 15 is 0 Å². The lowest BCUT2D eigenvalue weighted by molar-refractivity contribution is -0.137. The van der Waals surface area contributed by atoms with Crippen LogP contribution in [0.15, 0.2) is 54.6 Å². The summed E-state index contributed by atoms with van der Waals surface area (Å²) in [7, 11) is 0. The van der Waals surface area contributed by atoms with Gasteiger partial charge in [0, 0.05) is 18.8 Å². The number of carbonyl (C=O) groups is 1. The number of aliphatic carboxylic acids is 1. The SMILES string of the molecule is O=C(O)CCC/C=C/C[C@@H]1[C@@H](/C=C/C(F)(F)COc2ccccc2)[C@H](O)C[C@@H]1O. The highest BCUT2D eigenvalue weighted by atomic mass is 19.3. The first-order valence-electron chi connectivity index (χ1n) is 9.76. The molecule has 7 heteroatoms. The average Bonchev–Trinajstić information content (AvgIpc) is 2.94. The molecule has 0 aliphatic heterocycles. The van der Waals surface area contributed by atoms with E-state index in [4.69, 9.17) is 9.84 Å². The van der Waals surface area contributed by atoms with Crippen molar-refractivity contribution in [3.8, 4) is 5.75 Å². The van der Waals surface area contributed by atoms with Crippen LogP contribution < -0.4 is 4.74 Å². The Morgan fingerprint density at radius 3 is 2.59 bits per heavy atom. The van der Waals surface area contributed by atoms with Crippen LogP contribution in [0.5, 0.6) is 5.75 Å². The van der Waals surface area contributed by atoms with Crippen molar-refractivity contribution in [1.82, 2.24) is 0 Å². The van der Waals surface area contributed by atoms with E-state index in [0.717, 1.165) is 6.08 Å². The number of aliphatic hydroxyl groups excluding tert-OH is 2. The van der Waals surface area contributed by atoms with Crippen LogP contribution in [0.1, 0.15) is 32.1 Å². The number of rotatable bonds is 11. The van der Waals surface area contributed by atoms with E-state index in [0.29, 0.717) is 25.0 Å². The van der Waals surface area contributed by atoms with Crippen molar-refractivity contribution >= 4 is 5.97 Å². The van der Waals surface area contributed by atoms with Gasteiger partial charge in [0.15, 0.2) is 6.61 Å². The molecule has 5 nitrogen and oxygen atoms in total. The third kappa shape index (κ3) is 7.95. The Morgan fingerprint density at radius 2 is 1.90 bits per heavy atom. The Kier molecular flexibility index (Phi) is 8.79. The quantitative estimate of drug-likeness (QED) is 0.381. The highest BCUT2D eigenvalue weighted by molar-refractivity contribution is 5.66. The third-order valence-corrected chi connectivity index (χ3v) is 4.99. The van der Waals surface area contributed by atoms with Gasteiger partial charge in [-0.3, -0.25) is 4.79 Å². The van der Waals surface area contributed by atoms with E-state index in [1.165, 1.54) is 6.08 Å². The standard InChI is InChI=1S/C22H28F2O5/c23-22(24,15-29-16-8-4-3-5-9-16)13-12-18-17(19(25)14-20(18)26)10-6-1-2-7-11-21(27)28/h1,3-6,8-9,12-13,17-20,25-26H,2,7,10-11,14-15H2,(H,27,28)/b6-1+,13-12+/t17-,18-,19+,20-/m1/s1. The molecule has 0 aromatic heterocycles. The Balaban J connectivity index is 1.89. The zero-order chi connectivity index (χ0) is 21.3. The number of unbranched alkanes of at least 4 members (excludes halogenated alkanes) is 1. The van der Waals surface area contributed by atoms with Gasteiger partial charge >= 0.3 is 5.97 Å². The van der Waals surface area contributed by atoms with Crippen LogP contribution in [0.3, 0.4) is 0 Å². The minimum Gasteiger partial charge on any atom is -0.487 e. The number of para-hydroxylation sites is 1. The Hall–Kier alpha value is -2.25. The molecule has 0 radical (unpaired) electrons. The van der Waals surface area contributed by atoms with Crippen molar-refractivity contribution in [2.75, 3.05) is 6.61 Å². The van der Waals surface area contributed by atoms with E-state index in [1.54, 1.807) is 30.3 Å². The van der Waals surface area contributed by atoms with Gasteiger partial charge in [-0.25, -0.2) is 0 Å². The lowest BCUT2D eigenvalue weighted by atomic mass is 9.89. The molecule has 1 aromatic carbocycles. The molecule has 29 heavy (non-hydrogen) atoms. The maximum absolute atomic E-state index is 14.2. The number of allylic oxidation sites excluding steroid dienone is 2. The number of hydrogen-bond donors (Lipinski definition) is 3. The summed E-state index contributed by atoms with van der Waals surface area (Å²) < 4.78 is 33.4. The number of aliphatic hydroxyl groups is 2. The molecule has 2 rings (SSSR count). The minimum absolute atomic E-state index is 0.0839. The fourth-order valence-electron chi connectivity index (χ4n) is 3.45. The number of alkyl halides is 2. The maximum atomic E-state index is 14.2. The molecule has 3 N–H and O–H groups in total. The molecule has 0 unspecified atom stereocenters. The predicted octanol–water partition coefficient (Wildman–Crippen LogP) is 3.82. The number of ether oxygens (including phenoxy) is 1. The summed E-state index contributed by atoms with van der Waals surface area (Å²) in [4.78, 5) is 10.5. The largest absolute Gasteiger partial charge is 0.487 e. The normalized spacial score (nSPS) is 25.1. The van der Waals surface area contributed by atoms with Crippen LogP contribution in [-0.4, -0.2) is 46.0 Å². The van der Waals surface area contributed by atoms with Crippen LogP contribution in [0.25, 0.3) is 0 Å². The molecule has 0 bridgehead atoms. The fraction of sp³-hybridized carbons (Fsp3) is 0.500. The zero-order valence-corrected chi connectivity index (χ0v) is 16.2. The van der Waals surface area contributed by atoms with Crippen molar-refractivity contribution in [3.05, 3.63) is 54.6 Å². The third-order valence-electron chi connectivity index (χ3n) is 4.99. The van der Waals surface area contributed by atoms with E-state index in [9.17, 15) is 23.8 Å². The van der Waals surface area contributed by atoms with Gasteiger partial charge in [-0.15, -0.1) is 0 Å². The van der Waals surface area contributed by atoms with Crippen LogP contribution in [0.2, 0.25) is 0 Å². The number of benzene rings is 1. The first-order valence-corrected chi connectivity index (χ1v) is 9.76. The average molecular weight is 410 g/mol. The van der Waals surface area contributed by atoms with Gasteiger partial charge in [0.25, 0.3) is 5.92 Å². The van der Waals surface area contributed by atoms with E-state index in [1.807, 2.05) is 12.2 Å². The summed E-state index contributed by atoms with van der Waals surface area (Å²) in [5, 5.41) is 28.9. The first kappa shape index (κ1) is 23.0. The number of carboxylic acid groups (broad SMARTS) is 1. The van der Waals surface area contributed by atoms with Gasteiger partial charge in [0.2, 0.25) is 0 Å².